The third kappa shape index (κ3) is 3.57. The second-order valence-corrected chi connectivity index (χ2v) is 6.51. The van der Waals surface area contributed by atoms with Crippen LogP contribution < -0.4 is 0 Å². The molecule has 1 aromatic rings. The third-order valence-electron chi connectivity index (χ3n) is 4.38. The second-order valence-electron chi connectivity index (χ2n) is 6.07. The predicted molar refractivity (Wildman–Crippen MR) is 83.7 cm³/mol. The Morgan fingerprint density at radius 1 is 1.38 bits per heavy atom. The molecule has 0 bridgehead atoms. The highest BCUT2D eigenvalue weighted by atomic mass is 35.5. The van der Waals surface area contributed by atoms with Gasteiger partial charge in [0.05, 0.1) is 11.8 Å². The largest absolute Gasteiger partial charge is 0.392 e. The van der Waals surface area contributed by atoms with Crippen molar-refractivity contribution in [2.24, 2.45) is 11.1 Å². The monoisotopic (exact) mass is 308 g/mol. The van der Waals surface area contributed by atoms with Gasteiger partial charge in [-0.3, -0.25) is 4.90 Å². The molecule has 0 saturated carbocycles. The molecule has 0 aliphatic carbocycles. The maximum Gasteiger partial charge on any atom is 0.145 e. The molecule has 2 heterocycles. The lowest BCUT2D eigenvalue weighted by Gasteiger charge is -2.34. The molecule has 3 atom stereocenters. The summed E-state index contributed by atoms with van der Waals surface area (Å²) < 4.78 is 0. The van der Waals surface area contributed by atoms with E-state index in [1.165, 1.54) is 0 Å². The first-order chi connectivity index (χ1) is 10.1. The Labute approximate surface area is 130 Å². The Bertz CT molecular complexity index is 518. The third-order valence-corrected chi connectivity index (χ3v) is 4.63. The van der Waals surface area contributed by atoms with Crippen LogP contribution in [0.5, 0.6) is 0 Å². The summed E-state index contributed by atoms with van der Waals surface area (Å²) >= 11 is 5.90. The molecule has 4 nitrogen and oxygen atoms in total. The summed E-state index contributed by atoms with van der Waals surface area (Å²) in [6, 6.07) is 7.68. The van der Waals surface area contributed by atoms with Gasteiger partial charge in [-0.25, -0.2) is 0 Å². The zero-order valence-corrected chi connectivity index (χ0v) is 13.0. The molecule has 21 heavy (non-hydrogen) atoms. The van der Waals surface area contributed by atoms with Crippen molar-refractivity contribution in [1.82, 2.24) is 4.90 Å². The molecule has 0 amide bonds. The van der Waals surface area contributed by atoms with Crippen LogP contribution in [0.2, 0.25) is 5.02 Å². The number of hydrogen-bond acceptors (Lipinski definition) is 4. The number of rotatable bonds is 3. The molecule has 0 radical (unpaired) electrons. The van der Waals surface area contributed by atoms with E-state index in [0.717, 1.165) is 48.8 Å². The minimum atomic E-state index is -0.225. The number of halogens is 1. The Morgan fingerprint density at radius 2 is 2.14 bits per heavy atom. The smallest absolute Gasteiger partial charge is 0.145 e. The fourth-order valence-corrected chi connectivity index (χ4v) is 3.03. The summed E-state index contributed by atoms with van der Waals surface area (Å²) in [5.74, 6) is 0.395. The highest BCUT2D eigenvalue weighted by Crippen LogP contribution is 2.22. The van der Waals surface area contributed by atoms with Crippen LogP contribution in [-0.2, 0) is 4.84 Å². The van der Waals surface area contributed by atoms with E-state index in [9.17, 15) is 5.11 Å². The van der Waals surface area contributed by atoms with Crippen LogP contribution in [0.1, 0.15) is 25.3 Å². The maximum atomic E-state index is 9.95. The fourth-order valence-electron chi connectivity index (χ4n) is 2.91. The Kier molecular flexibility index (Phi) is 4.48. The van der Waals surface area contributed by atoms with Crippen molar-refractivity contribution in [3.05, 3.63) is 34.9 Å². The van der Waals surface area contributed by atoms with E-state index in [2.05, 4.69) is 17.0 Å². The second kappa shape index (κ2) is 6.34. The normalized spacial score (nSPS) is 30.0. The van der Waals surface area contributed by atoms with E-state index >= 15 is 0 Å². The standard InChI is InChI=1S/C16H21ClN2O2/c1-11-6-7-19(10-16(11)20)9-14-8-15(18-21-14)12-2-4-13(17)5-3-12/h2-5,11,14,16,20H,6-10H2,1H3. The van der Waals surface area contributed by atoms with Crippen molar-refractivity contribution in [2.45, 2.75) is 32.0 Å². The van der Waals surface area contributed by atoms with Crippen LogP contribution in [0.3, 0.4) is 0 Å². The van der Waals surface area contributed by atoms with E-state index < -0.39 is 0 Å². The lowest BCUT2D eigenvalue weighted by molar-refractivity contribution is -0.00400. The number of piperidine rings is 1. The summed E-state index contributed by atoms with van der Waals surface area (Å²) in [7, 11) is 0. The Morgan fingerprint density at radius 3 is 2.86 bits per heavy atom. The van der Waals surface area contributed by atoms with Crippen LogP contribution in [0.15, 0.2) is 29.4 Å². The van der Waals surface area contributed by atoms with E-state index in [4.69, 9.17) is 16.4 Å². The Balaban J connectivity index is 1.53. The van der Waals surface area contributed by atoms with Crippen LogP contribution in [-0.4, -0.2) is 47.6 Å². The molecule has 2 aliphatic heterocycles. The molecular weight excluding hydrogens is 288 g/mol. The van der Waals surface area contributed by atoms with Gasteiger partial charge in [0.15, 0.2) is 0 Å². The van der Waals surface area contributed by atoms with Gasteiger partial charge in [-0.05, 0) is 36.6 Å². The highest BCUT2D eigenvalue weighted by molar-refractivity contribution is 6.30. The van der Waals surface area contributed by atoms with Gasteiger partial charge in [0.2, 0.25) is 0 Å². The van der Waals surface area contributed by atoms with E-state index in [-0.39, 0.29) is 12.2 Å². The molecule has 2 aliphatic rings. The van der Waals surface area contributed by atoms with E-state index in [0.29, 0.717) is 5.92 Å². The SMILES string of the molecule is CC1CCN(CC2CC(c3ccc(Cl)cc3)=NO2)CC1O. The number of aliphatic hydroxyl groups is 1. The van der Waals surface area contributed by atoms with Crippen LogP contribution in [0, 0.1) is 5.92 Å². The van der Waals surface area contributed by atoms with Crippen molar-refractivity contribution in [1.29, 1.82) is 0 Å². The van der Waals surface area contributed by atoms with Crippen LogP contribution in [0.25, 0.3) is 0 Å². The zero-order valence-electron chi connectivity index (χ0n) is 12.2. The van der Waals surface area contributed by atoms with Gasteiger partial charge in [0.1, 0.15) is 6.10 Å². The summed E-state index contributed by atoms with van der Waals surface area (Å²) in [5.41, 5.74) is 2.04. The number of oxime groups is 1. The molecule has 1 saturated heterocycles. The minimum Gasteiger partial charge on any atom is -0.392 e. The number of likely N-dealkylation sites (tertiary alicyclic amines) is 1. The average molecular weight is 309 g/mol. The Hall–Kier alpha value is -1.10. The molecule has 0 aromatic heterocycles. The molecule has 0 spiro atoms. The molecule has 3 rings (SSSR count). The first-order valence-corrected chi connectivity index (χ1v) is 7.88. The van der Waals surface area contributed by atoms with E-state index in [1.54, 1.807) is 0 Å². The topological polar surface area (TPSA) is 45.1 Å². The van der Waals surface area contributed by atoms with Gasteiger partial charge < -0.3 is 9.94 Å². The van der Waals surface area contributed by atoms with Gasteiger partial charge in [-0.1, -0.05) is 35.8 Å². The number of aliphatic hydroxyl groups excluding tert-OH is 1. The lowest BCUT2D eigenvalue weighted by Crippen LogP contribution is -2.45. The van der Waals surface area contributed by atoms with Crippen LogP contribution in [0.4, 0.5) is 0 Å². The molecule has 1 aromatic carbocycles. The highest BCUT2D eigenvalue weighted by Gasteiger charge is 2.29. The number of hydrogen-bond donors (Lipinski definition) is 1. The first-order valence-electron chi connectivity index (χ1n) is 7.51. The average Bonchev–Trinajstić information content (AvgIpc) is 2.92. The van der Waals surface area contributed by atoms with Crippen molar-refractivity contribution in [3.63, 3.8) is 0 Å². The van der Waals surface area contributed by atoms with Crippen molar-refractivity contribution >= 4 is 17.3 Å². The van der Waals surface area contributed by atoms with Crippen molar-refractivity contribution in [3.8, 4) is 0 Å². The first kappa shape index (κ1) is 14.8. The fraction of sp³-hybridized carbons (Fsp3) is 0.562. The molecular formula is C16H21ClN2O2. The van der Waals surface area contributed by atoms with Gasteiger partial charge in [-0.15, -0.1) is 0 Å². The summed E-state index contributed by atoms with van der Waals surface area (Å²) in [4.78, 5) is 7.82. The minimum absolute atomic E-state index is 0.0799. The number of β-amino-alcohol motifs (C(OH)–C–C–N with tert-alkyl or cyclic N) is 1. The zero-order chi connectivity index (χ0) is 14.8. The number of nitrogens with zero attached hydrogens (tertiary/aromatic N) is 2. The lowest BCUT2D eigenvalue weighted by atomic mass is 9.95. The van der Waals surface area contributed by atoms with Crippen LogP contribution >= 0.6 is 11.6 Å². The van der Waals surface area contributed by atoms with Gasteiger partial charge >= 0.3 is 0 Å². The molecule has 1 fully saturated rings. The summed E-state index contributed by atoms with van der Waals surface area (Å²) in [5, 5.41) is 14.9. The van der Waals surface area contributed by atoms with Crippen molar-refractivity contribution < 1.29 is 9.94 Å². The number of benzene rings is 1. The van der Waals surface area contributed by atoms with Gasteiger partial charge in [0, 0.05) is 24.5 Å². The van der Waals surface area contributed by atoms with Gasteiger partial charge in [-0.2, -0.15) is 0 Å². The van der Waals surface area contributed by atoms with E-state index in [1.807, 2.05) is 24.3 Å². The molecule has 1 N–H and O–H groups in total. The molecule has 5 heteroatoms. The van der Waals surface area contributed by atoms with Crippen molar-refractivity contribution in [2.75, 3.05) is 19.6 Å². The summed E-state index contributed by atoms with van der Waals surface area (Å²) in [6.07, 6.45) is 1.70. The quantitative estimate of drug-likeness (QED) is 0.933. The van der Waals surface area contributed by atoms with Gasteiger partial charge in [0.25, 0.3) is 0 Å². The maximum absolute atomic E-state index is 9.95. The predicted octanol–water partition coefficient (Wildman–Crippen LogP) is 2.54. The molecule has 114 valence electrons. The summed E-state index contributed by atoms with van der Waals surface area (Å²) in [6.45, 7) is 4.69. The molecule has 3 unspecified atom stereocenters.